The highest BCUT2D eigenvalue weighted by atomic mass is 35.5. The van der Waals surface area contributed by atoms with Crippen LogP contribution in [0.15, 0.2) is 36.4 Å². The molecule has 0 bridgehead atoms. The van der Waals surface area contributed by atoms with E-state index in [4.69, 9.17) is 26.8 Å². The standard InChI is InChI=1S/C22H25ClFN3O3/c1-4-27-19-12-15(30-13(2)3)6-7-16(19)20(25)21(27)17-11-14(5-8-18(17)24)26-22(28)29-10-9-23/h5-8,11-13H,4,9-10,25H2,1-3H3,(H,26,28). The van der Waals surface area contributed by atoms with E-state index in [1.54, 1.807) is 6.07 Å². The molecule has 6 nitrogen and oxygen atoms in total. The van der Waals surface area contributed by atoms with Crippen LogP contribution in [0.2, 0.25) is 0 Å². The van der Waals surface area contributed by atoms with Crippen LogP contribution in [0.3, 0.4) is 0 Å². The van der Waals surface area contributed by atoms with Crippen molar-refractivity contribution < 1.29 is 18.7 Å². The smallest absolute Gasteiger partial charge is 0.411 e. The third kappa shape index (κ3) is 4.46. The second-order valence-electron chi connectivity index (χ2n) is 7.00. The van der Waals surface area contributed by atoms with Crippen LogP contribution < -0.4 is 15.8 Å². The van der Waals surface area contributed by atoms with E-state index in [-0.39, 0.29) is 24.2 Å². The number of anilines is 2. The molecule has 160 valence electrons. The minimum absolute atomic E-state index is 0.0306. The van der Waals surface area contributed by atoms with Gasteiger partial charge < -0.3 is 19.8 Å². The number of nitrogens with two attached hydrogens (primary N) is 1. The van der Waals surface area contributed by atoms with Gasteiger partial charge in [-0.15, -0.1) is 11.6 Å². The first-order valence-electron chi connectivity index (χ1n) is 9.73. The van der Waals surface area contributed by atoms with Gasteiger partial charge in [-0.3, -0.25) is 5.32 Å². The maximum atomic E-state index is 14.8. The molecule has 0 spiro atoms. The molecular weight excluding hydrogens is 409 g/mol. The van der Waals surface area contributed by atoms with E-state index in [9.17, 15) is 9.18 Å². The number of carbonyl (C=O) groups is 1. The highest BCUT2D eigenvalue weighted by Gasteiger charge is 2.20. The maximum absolute atomic E-state index is 14.8. The van der Waals surface area contributed by atoms with E-state index < -0.39 is 11.9 Å². The van der Waals surface area contributed by atoms with Crippen LogP contribution in [-0.2, 0) is 11.3 Å². The van der Waals surface area contributed by atoms with E-state index in [1.165, 1.54) is 12.1 Å². The van der Waals surface area contributed by atoms with Gasteiger partial charge in [0.25, 0.3) is 0 Å². The van der Waals surface area contributed by atoms with Gasteiger partial charge in [0.1, 0.15) is 18.2 Å². The molecular formula is C22H25ClFN3O3. The lowest BCUT2D eigenvalue weighted by Crippen LogP contribution is -2.15. The van der Waals surface area contributed by atoms with Gasteiger partial charge in [-0.25, -0.2) is 9.18 Å². The molecule has 0 saturated heterocycles. The molecule has 30 heavy (non-hydrogen) atoms. The number of ether oxygens (including phenoxy) is 2. The SMILES string of the molecule is CCn1c(-c2cc(NC(=O)OCCCl)ccc2F)c(N)c2ccc(OC(C)C)cc21. The average Bonchev–Trinajstić information content (AvgIpc) is 2.98. The van der Waals surface area contributed by atoms with Gasteiger partial charge in [0, 0.05) is 29.2 Å². The summed E-state index contributed by atoms with van der Waals surface area (Å²) in [5.41, 5.74) is 8.96. The second kappa shape index (κ2) is 9.26. The first-order chi connectivity index (χ1) is 14.3. The van der Waals surface area contributed by atoms with Gasteiger partial charge in [0.15, 0.2) is 0 Å². The molecule has 1 amide bonds. The zero-order valence-electron chi connectivity index (χ0n) is 17.2. The summed E-state index contributed by atoms with van der Waals surface area (Å²) in [7, 11) is 0. The van der Waals surface area contributed by atoms with Crippen molar-refractivity contribution in [1.29, 1.82) is 0 Å². The number of rotatable bonds is 7. The zero-order chi connectivity index (χ0) is 21.8. The summed E-state index contributed by atoms with van der Waals surface area (Å²) < 4.78 is 27.5. The van der Waals surface area contributed by atoms with Crippen molar-refractivity contribution in [2.24, 2.45) is 0 Å². The van der Waals surface area contributed by atoms with Crippen LogP contribution in [0.5, 0.6) is 5.75 Å². The van der Waals surface area contributed by atoms with Crippen molar-refractivity contribution in [2.45, 2.75) is 33.4 Å². The number of nitrogen functional groups attached to an aromatic ring is 1. The minimum Gasteiger partial charge on any atom is -0.491 e. The highest BCUT2D eigenvalue weighted by molar-refractivity contribution is 6.18. The van der Waals surface area contributed by atoms with E-state index >= 15 is 0 Å². The number of hydrogen-bond donors (Lipinski definition) is 2. The Labute approximate surface area is 179 Å². The average molecular weight is 434 g/mol. The van der Waals surface area contributed by atoms with Crippen LogP contribution in [0.1, 0.15) is 20.8 Å². The van der Waals surface area contributed by atoms with E-state index in [2.05, 4.69) is 5.32 Å². The quantitative estimate of drug-likeness (QED) is 0.474. The Morgan fingerprint density at radius 2 is 2.03 bits per heavy atom. The van der Waals surface area contributed by atoms with E-state index in [0.29, 0.717) is 29.4 Å². The van der Waals surface area contributed by atoms with Crippen molar-refractivity contribution in [1.82, 2.24) is 4.57 Å². The molecule has 0 atom stereocenters. The molecule has 0 saturated carbocycles. The fraction of sp³-hybridized carbons (Fsp3) is 0.318. The maximum Gasteiger partial charge on any atom is 0.411 e. The molecule has 8 heteroatoms. The van der Waals surface area contributed by atoms with Gasteiger partial charge in [-0.05, 0) is 51.1 Å². The summed E-state index contributed by atoms with van der Waals surface area (Å²) in [4.78, 5) is 11.8. The largest absolute Gasteiger partial charge is 0.491 e. The Morgan fingerprint density at radius 3 is 2.70 bits per heavy atom. The number of amides is 1. The summed E-state index contributed by atoms with van der Waals surface area (Å²) in [5.74, 6) is 0.462. The number of benzene rings is 2. The molecule has 2 aromatic carbocycles. The third-order valence-electron chi connectivity index (χ3n) is 4.54. The number of nitrogens with zero attached hydrogens (tertiary/aromatic N) is 1. The predicted octanol–water partition coefficient (Wildman–Crippen LogP) is 5.62. The molecule has 1 heterocycles. The first-order valence-corrected chi connectivity index (χ1v) is 10.3. The number of halogens is 2. The van der Waals surface area contributed by atoms with Crippen LogP contribution in [0.25, 0.3) is 22.2 Å². The van der Waals surface area contributed by atoms with E-state index in [1.807, 2.05) is 43.5 Å². The Hall–Kier alpha value is -2.93. The molecule has 0 aliphatic heterocycles. The fourth-order valence-corrected chi connectivity index (χ4v) is 3.47. The summed E-state index contributed by atoms with van der Waals surface area (Å²) in [6.07, 6.45) is -0.629. The minimum atomic E-state index is -0.660. The van der Waals surface area contributed by atoms with E-state index in [0.717, 1.165) is 10.9 Å². The predicted molar refractivity (Wildman–Crippen MR) is 119 cm³/mol. The Balaban J connectivity index is 2.08. The summed E-state index contributed by atoms with van der Waals surface area (Å²) >= 11 is 5.52. The summed E-state index contributed by atoms with van der Waals surface area (Å²) in [6, 6.07) is 9.93. The molecule has 3 rings (SSSR count). The lowest BCUT2D eigenvalue weighted by atomic mass is 10.1. The first kappa shape index (κ1) is 21.8. The van der Waals surface area contributed by atoms with Crippen molar-refractivity contribution >= 4 is 40.0 Å². The Bertz CT molecular complexity index is 1070. The molecule has 0 aliphatic carbocycles. The van der Waals surface area contributed by atoms with Crippen LogP contribution in [0, 0.1) is 5.82 Å². The number of aryl methyl sites for hydroxylation is 1. The van der Waals surface area contributed by atoms with Gasteiger partial charge >= 0.3 is 6.09 Å². The third-order valence-corrected chi connectivity index (χ3v) is 4.70. The number of fused-ring (bicyclic) bond motifs is 1. The van der Waals surface area contributed by atoms with Gasteiger partial charge in [0.2, 0.25) is 0 Å². The number of aromatic nitrogens is 1. The number of nitrogens with one attached hydrogen (secondary N) is 1. The second-order valence-corrected chi connectivity index (χ2v) is 7.37. The summed E-state index contributed by atoms with van der Waals surface area (Å²) in [5, 5.41) is 3.39. The highest BCUT2D eigenvalue weighted by Crippen LogP contribution is 2.39. The van der Waals surface area contributed by atoms with Crippen molar-refractivity contribution in [3.8, 4) is 17.0 Å². The molecule has 1 aromatic heterocycles. The van der Waals surface area contributed by atoms with Crippen molar-refractivity contribution in [3.63, 3.8) is 0 Å². The molecule has 0 aliphatic rings. The van der Waals surface area contributed by atoms with Crippen molar-refractivity contribution in [2.75, 3.05) is 23.5 Å². The lowest BCUT2D eigenvalue weighted by Gasteiger charge is -2.13. The number of hydrogen-bond acceptors (Lipinski definition) is 4. The lowest BCUT2D eigenvalue weighted by molar-refractivity contribution is 0.168. The normalized spacial score (nSPS) is 11.1. The van der Waals surface area contributed by atoms with Gasteiger partial charge in [-0.2, -0.15) is 0 Å². The fourth-order valence-electron chi connectivity index (χ4n) is 3.39. The molecule has 3 aromatic rings. The van der Waals surface area contributed by atoms with Crippen LogP contribution in [0.4, 0.5) is 20.6 Å². The summed E-state index contributed by atoms with van der Waals surface area (Å²) in [6.45, 7) is 6.52. The molecule has 0 radical (unpaired) electrons. The number of alkyl halides is 1. The van der Waals surface area contributed by atoms with Crippen molar-refractivity contribution in [3.05, 3.63) is 42.2 Å². The molecule has 0 unspecified atom stereocenters. The monoisotopic (exact) mass is 433 g/mol. The Kier molecular flexibility index (Phi) is 6.72. The van der Waals surface area contributed by atoms with Gasteiger partial charge in [-0.1, -0.05) is 0 Å². The Morgan fingerprint density at radius 1 is 1.27 bits per heavy atom. The van der Waals surface area contributed by atoms with Crippen LogP contribution >= 0.6 is 11.6 Å². The van der Waals surface area contributed by atoms with Crippen LogP contribution in [-0.4, -0.2) is 29.3 Å². The topological polar surface area (TPSA) is 78.5 Å². The number of carbonyl (C=O) groups excluding carboxylic acids is 1. The molecule has 3 N–H and O–H groups in total. The zero-order valence-corrected chi connectivity index (χ0v) is 17.9. The van der Waals surface area contributed by atoms with Gasteiger partial charge in [0.05, 0.1) is 28.9 Å². The molecule has 0 fully saturated rings.